The van der Waals surface area contributed by atoms with Crippen LogP contribution in [-0.4, -0.2) is 29.5 Å². The summed E-state index contributed by atoms with van der Waals surface area (Å²) in [5.74, 6) is 0. The van der Waals surface area contributed by atoms with Gasteiger partial charge in [0.15, 0.2) is 0 Å². The molecule has 5 aromatic rings. The standard InChI is InChI=1S/C29H20N6/c1-9-27(35-12-11-30-18-35)10-2-19(1)28-16-26-15-24-6-5-22(32-24)13-20-3-4-21(31-20)14-23-7-8-25(33-23)17-29(28)34-26/h1-18,32,34H. The Bertz CT molecular complexity index is 1780. The van der Waals surface area contributed by atoms with Gasteiger partial charge in [0, 0.05) is 45.7 Å². The maximum absolute atomic E-state index is 4.79. The number of hydrogen-bond acceptors (Lipinski definition) is 3. The van der Waals surface area contributed by atoms with Crippen LogP contribution in [0.25, 0.3) is 63.2 Å². The maximum Gasteiger partial charge on any atom is 0.0991 e. The molecule has 0 saturated carbocycles. The van der Waals surface area contributed by atoms with Gasteiger partial charge in [0.1, 0.15) is 0 Å². The van der Waals surface area contributed by atoms with Crippen molar-refractivity contribution in [3.8, 4) is 16.8 Å². The van der Waals surface area contributed by atoms with Crippen LogP contribution >= 0.6 is 0 Å². The summed E-state index contributed by atoms with van der Waals surface area (Å²) < 4.78 is 2.00. The fourth-order valence-corrected chi connectivity index (χ4v) is 4.48. The number of fused-ring (bicyclic) bond motifs is 8. The molecule has 7 rings (SSSR count). The fourth-order valence-electron chi connectivity index (χ4n) is 4.48. The fraction of sp³-hybridized carbons (Fsp3) is 0. The Morgan fingerprint density at radius 2 is 1.29 bits per heavy atom. The van der Waals surface area contributed by atoms with E-state index in [0.29, 0.717) is 0 Å². The third kappa shape index (κ3) is 3.77. The summed E-state index contributed by atoms with van der Waals surface area (Å²) in [7, 11) is 0. The molecule has 0 aliphatic carbocycles. The maximum atomic E-state index is 4.79. The molecule has 0 radical (unpaired) electrons. The first-order valence-electron chi connectivity index (χ1n) is 11.4. The van der Waals surface area contributed by atoms with E-state index in [9.17, 15) is 0 Å². The van der Waals surface area contributed by atoms with E-state index in [1.54, 1.807) is 12.5 Å². The zero-order chi connectivity index (χ0) is 23.2. The van der Waals surface area contributed by atoms with Crippen molar-refractivity contribution >= 4 is 46.4 Å². The van der Waals surface area contributed by atoms with E-state index in [1.807, 2.05) is 47.2 Å². The highest BCUT2D eigenvalue weighted by atomic mass is 15.0. The predicted molar refractivity (Wildman–Crippen MR) is 141 cm³/mol. The molecular weight excluding hydrogens is 432 g/mol. The largest absolute Gasteiger partial charge is 0.355 e. The van der Waals surface area contributed by atoms with Crippen LogP contribution in [0.15, 0.2) is 85.5 Å². The lowest BCUT2D eigenvalue weighted by Gasteiger charge is -2.04. The molecule has 2 aliphatic rings. The molecule has 0 atom stereocenters. The Balaban J connectivity index is 1.45. The average Bonchev–Trinajstić information content (AvgIpc) is 3.68. The third-order valence-corrected chi connectivity index (χ3v) is 6.15. The summed E-state index contributed by atoms with van der Waals surface area (Å²) in [4.78, 5) is 20.7. The van der Waals surface area contributed by atoms with Crippen molar-refractivity contribution in [1.82, 2.24) is 29.5 Å². The number of imidazole rings is 1. The lowest BCUT2D eigenvalue weighted by atomic mass is 10.1. The molecule has 4 aromatic heterocycles. The Hall–Kier alpha value is -4.97. The van der Waals surface area contributed by atoms with Crippen LogP contribution in [0.1, 0.15) is 22.8 Å². The first-order chi connectivity index (χ1) is 17.2. The van der Waals surface area contributed by atoms with Gasteiger partial charge in [-0.25, -0.2) is 15.0 Å². The molecular formula is C29H20N6. The van der Waals surface area contributed by atoms with Gasteiger partial charge in [0.2, 0.25) is 0 Å². The molecule has 2 N–H and O–H groups in total. The molecule has 6 heteroatoms. The number of nitrogens with one attached hydrogen (secondary N) is 2. The predicted octanol–water partition coefficient (Wildman–Crippen LogP) is 6.51. The van der Waals surface area contributed by atoms with E-state index in [2.05, 4.69) is 69.5 Å². The van der Waals surface area contributed by atoms with Crippen molar-refractivity contribution in [1.29, 1.82) is 0 Å². The summed E-state index contributed by atoms with van der Waals surface area (Å²) in [5, 5.41) is 0. The number of benzene rings is 1. The minimum atomic E-state index is 0.889. The van der Waals surface area contributed by atoms with Gasteiger partial charge < -0.3 is 14.5 Å². The Morgan fingerprint density at radius 3 is 2.00 bits per heavy atom. The molecule has 0 saturated heterocycles. The summed E-state index contributed by atoms with van der Waals surface area (Å²) >= 11 is 0. The number of nitrogens with zero attached hydrogens (tertiary/aromatic N) is 4. The van der Waals surface area contributed by atoms with E-state index in [4.69, 9.17) is 9.97 Å². The molecule has 0 fully saturated rings. The second-order valence-corrected chi connectivity index (χ2v) is 8.60. The smallest absolute Gasteiger partial charge is 0.0991 e. The zero-order valence-corrected chi connectivity index (χ0v) is 18.7. The molecule has 1 aromatic carbocycles. The summed E-state index contributed by atoms with van der Waals surface area (Å²) in [6.45, 7) is 0. The van der Waals surface area contributed by atoms with Gasteiger partial charge in [-0.3, -0.25) is 0 Å². The normalized spacial score (nSPS) is 12.3. The summed E-state index contributed by atoms with van der Waals surface area (Å²) in [6, 6.07) is 23.1. The van der Waals surface area contributed by atoms with Gasteiger partial charge in [0.25, 0.3) is 0 Å². The van der Waals surface area contributed by atoms with Crippen LogP contribution in [-0.2, 0) is 0 Å². The molecule has 0 amide bonds. The quantitative estimate of drug-likeness (QED) is 0.314. The number of aromatic amines is 2. The molecule has 35 heavy (non-hydrogen) atoms. The van der Waals surface area contributed by atoms with Crippen molar-refractivity contribution in [2.45, 2.75) is 0 Å². The van der Waals surface area contributed by atoms with Gasteiger partial charge in [-0.1, -0.05) is 12.1 Å². The van der Waals surface area contributed by atoms with Crippen molar-refractivity contribution in [3.63, 3.8) is 0 Å². The Kier molecular flexibility index (Phi) is 4.35. The monoisotopic (exact) mass is 452 g/mol. The van der Waals surface area contributed by atoms with Crippen molar-refractivity contribution in [2.24, 2.45) is 0 Å². The lowest BCUT2D eigenvalue weighted by molar-refractivity contribution is 1.06. The first kappa shape index (κ1) is 19.5. The number of hydrogen-bond donors (Lipinski definition) is 2. The average molecular weight is 453 g/mol. The summed E-state index contributed by atoms with van der Waals surface area (Å²) in [6.07, 6.45) is 13.6. The van der Waals surface area contributed by atoms with Gasteiger partial charge in [-0.2, -0.15) is 0 Å². The highest BCUT2D eigenvalue weighted by Crippen LogP contribution is 2.28. The molecule has 0 spiro atoms. The van der Waals surface area contributed by atoms with Gasteiger partial charge in [0.05, 0.1) is 29.1 Å². The minimum Gasteiger partial charge on any atom is -0.355 e. The number of aromatic nitrogens is 6. The molecule has 166 valence electrons. The highest BCUT2D eigenvalue weighted by molar-refractivity contribution is 5.88. The lowest BCUT2D eigenvalue weighted by Crippen LogP contribution is -1.89. The van der Waals surface area contributed by atoms with Crippen LogP contribution in [0, 0.1) is 0 Å². The van der Waals surface area contributed by atoms with Crippen LogP contribution in [0.3, 0.4) is 0 Å². The zero-order valence-electron chi connectivity index (χ0n) is 18.7. The van der Waals surface area contributed by atoms with Crippen molar-refractivity contribution < 1.29 is 0 Å². The van der Waals surface area contributed by atoms with Crippen molar-refractivity contribution in [2.75, 3.05) is 0 Å². The van der Waals surface area contributed by atoms with E-state index < -0.39 is 0 Å². The highest BCUT2D eigenvalue weighted by Gasteiger charge is 2.07. The molecule has 2 aliphatic heterocycles. The van der Waals surface area contributed by atoms with Crippen LogP contribution in [0.4, 0.5) is 0 Å². The van der Waals surface area contributed by atoms with E-state index in [0.717, 1.165) is 61.7 Å². The second kappa shape index (κ2) is 7.81. The van der Waals surface area contributed by atoms with Crippen LogP contribution in [0.5, 0.6) is 0 Å². The molecule has 6 nitrogen and oxygen atoms in total. The Morgan fingerprint density at radius 1 is 0.600 bits per heavy atom. The molecule has 0 unspecified atom stereocenters. The number of rotatable bonds is 2. The van der Waals surface area contributed by atoms with Gasteiger partial charge in [-0.15, -0.1) is 0 Å². The van der Waals surface area contributed by atoms with E-state index >= 15 is 0 Å². The minimum absolute atomic E-state index is 0.889. The van der Waals surface area contributed by atoms with Gasteiger partial charge in [-0.05, 0) is 84.5 Å². The van der Waals surface area contributed by atoms with Crippen LogP contribution < -0.4 is 0 Å². The SMILES string of the molecule is C1=Cc2cc3ccc(cc4cc(-c5ccc(-n6ccnc6)cc5)c(cc5nc(cc1n2)C=C5)[nH]4)[nH]3. The first-order valence-corrected chi connectivity index (χ1v) is 11.4. The van der Waals surface area contributed by atoms with E-state index in [-0.39, 0.29) is 0 Å². The Labute approximate surface area is 201 Å². The topological polar surface area (TPSA) is 75.2 Å². The van der Waals surface area contributed by atoms with Crippen LogP contribution in [0.2, 0.25) is 0 Å². The second-order valence-electron chi connectivity index (χ2n) is 8.60. The summed E-state index contributed by atoms with van der Waals surface area (Å²) in [5.41, 5.74) is 11.0. The van der Waals surface area contributed by atoms with Crippen molar-refractivity contribution in [3.05, 3.63) is 108 Å². The third-order valence-electron chi connectivity index (χ3n) is 6.15. The van der Waals surface area contributed by atoms with E-state index in [1.165, 1.54) is 0 Å². The van der Waals surface area contributed by atoms with Gasteiger partial charge >= 0.3 is 0 Å². The molecule has 6 heterocycles. The number of H-pyrrole nitrogens is 2. The molecule has 8 bridgehead atoms.